The zero-order valence-electron chi connectivity index (χ0n) is 5.20. The van der Waals surface area contributed by atoms with Crippen molar-refractivity contribution < 1.29 is 19.1 Å². The molecule has 1 aromatic heterocycles. The molecule has 1 aromatic rings. The van der Waals surface area contributed by atoms with Crippen LogP contribution in [0.3, 0.4) is 0 Å². The molecule has 0 amide bonds. The number of hydrogen-bond acceptors (Lipinski definition) is 3. The number of carboxylic acid groups (broad SMARTS) is 1. The van der Waals surface area contributed by atoms with Crippen molar-refractivity contribution in [3.8, 4) is 0 Å². The first-order valence-electron chi connectivity index (χ1n) is 2.63. The fourth-order valence-electron chi connectivity index (χ4n) is 0.569. The summed E-state index contributed by atoms with van der Waals surface area (Å²) >= 11 is 5.33. The molecule has 11 heavy (non-hydrogen) atoms. The molecule has 0 fully saturated rings. The molecule has 1 N–H and O–H groups in total. The van der Waals surface area contributed by atoms with Crippen molar-refractivity contribution in [2.24, 2.45) is 0 Å². The first-order valence-corrected chi connectivity index (χ1v) is 3.00. The van der Waals surface area contributed by atoms with E-state index in [1.165, 1.54) is 0 Å². The number of carboxylic acids is 1. The largest absolute Gasteiger partial charge is 0.475 e. The maximum atomic E-state index is 10.2. The van der Waals surface area contributed by atoms with Gasteiger partial charge in [0.05, 0.1) is 5.56 Å². The van der Waals surface area contributed by atoms with Crippen LogP contribution in [0.2, 0.25) is 5.22 Å². The number of carbonyl (C=O) groups is 2. The summed E-state index contributed by atoms with van der Waals surface area (Å²) in [5.41, 5.74) is 0.0454. The fourth-order valence-corrected chi connectivity index (χ4v) is 0.751. The summed E-state index contributed by atoms with van der Waals surface area (Å²) in [6, 6.07) is 1.07. The lowest BCUT2D eigenvalue weighted by molar-refractivity contribution is 0.0662. The lowest BCUT2D eigenvalue weighted by Crippen LogP contribution is -1.91. The number of aldehydes is 1. The maximum absolute atomic E-state index is 10.2. The van der Waals surface area contributed by atoms with Gasteiger partial charge in [-0.25, -0.2) is 4.79 Å². The van der Waals surface area contributed by atoms with Crippen molar-refractivity contribution in [1.82, 2.24) is 0 Å². The van der Waals surface area contributed by atoms with Crippen LogP contribution < -0.4 is 0 Å². The number of hydrogen-bond donors (Lipinski definition) is 1. The van der Waals surface area contributed by atoms with Crippen LogP contribution in [0.25, 0.3) is 0 Å². The van der Waals surface area contributed by atoms with E-state index < -0.39 is 5.97 Å². The maximum Gasteiger partial charge on any atom is 0.371 e. The van der Waals surface area contributed by atoms with Crippen molar-refractivity contribution in [3.63, 3.8) is 0 Å². The van der Waals surface area contributed by atoms with Crippen molar-refractivity contribution in [2.75, 3.05) is 0 Å². The van der Waals surface area contributed by atoms with Crippen LogP contribution >= 0.6 is 11.6 Å². The third-order valence-electron chi connectivity index (χ3n) is 1.05. The highest BCUT2D eigenvalue weighted by Gasteiger charge is 2.13. The third kappa shape index (κ3) is 1.40. The smallest absolute Gasteiger partial charge is 0.371 e. The summed E-state index contributed by atoms with van der Waals surface area (Å²) in [7, 11) is 0. The second-order valence-corrected chi connectivity index (χ2v) is 2.11. The number of furan rings is 1. The Hall–Kier alpha value is -1.29. The first-order chi connectivity index (χ1) is 5.15. The topological polar surface area (TPSA) is 67.5 Å². The second-order valence-electron chi connectivity index (χ2n) is 1.76. The lowest BCUT2D eigenvalue weighted by Gasteiger charge is -1.80. The van der Waals surface area contributed by atoms with Crippen molar-refractivity contribution in [1.29, 1.82) is 0 Å². The van der Waals surface area contributed by atoms with Crippen LogP contribution in [0.1, 0.15) is 20.9 Å². The number of halogens is 1. The van der Waals surface area contributed by atoms with E-state index in [4.69, 9.17) is 16.7 Å². The molecule has 0 saturated carbocycles. The highest BCUT2D eigenvalue weighted by Crippen LogP contribution is 2.18. The number of carbonyl (C=O) groups excluding carboxylic acids is 1. The Balaban J connectivity index is 3.14. The summed E-state index contributed by atoms with van der Waals surface area (Å²) in [6.45, 7) is 0. The molecule has 0 unspecified atom stereocenters. The van der Waals surface area contributed by atoms with Gasteiger partial charge in [-0.1, -0.05) is 0 Å². The van der Waals surface area contributed by atoms with Crippen LogP contribution in [0, 0.1) is 0 Å². The fraction of sp³-hybridized carbons (Fsp3) is 0. The summed E-state index contributed by atoms with van der Waals surface area (Å²) in [5.74, 6) is -1.59. The molecule has 1 heterocycles. The van der Waals surface area contributed by atoms with Crippen molar-refractivity contribution in [2.45, 2.75) is 0 Å². The Kier molecular flexibility index (Phi) is 1.96. The molecule has 4 nitrogen and oxygen atoms in total. The van der Waals surface area contributed by atoms with Crippen molar-refractivity contribution >= 4 is 23.9 Å². The monoisotopic (exact) mass is 174 g/mol. The second kappa shape index (κ2) is 2.75. The highest BCUT2D eigenvalue weighted by molar-refractivity contribution is 6.31. The molecule has 0 aromatic carbocycles. The van der Waals surface area contributed by atoms with Gasteiger partial charge in [-0.05, 0) is 11.6 Å². The minimum Gasteiger partial charge on any atom is -0.475 e. The van der Waals surface area contributed by atoms with E-state index in [1.54, 1.807) is 0 Å². The molecule has 0 saturated heterocycles. The average Bonchev–Trinajstić information content (AvgIpc) is 2.31. The Morgan fingerprint density at radius 1 is 1.73 bits per heavy atom. The summed E-state index contributed by atoms with van der Waals surface area (Å²) in [4.78, 5) is 20.3. The zero-order chi connectivity index (χ0) is 8.43. The summed E-state index contributed by atoms with van der Waals surface area (Å²) in [5, 5.41) is 8.15. The zero-order valence-corrected chi connectivity index (χ0v) is 5.96. The van der Waals surface area contributed by atoms with Gasteiger partial charge in [-0.3, -0.25) is 4.79 Å². The van der Waals surface area contributed by atoms with Crippen LogP contribution in [-0.4, -0.2) is 17.4 Å². The lowest BCUT2D eigenvalue weighted by atomic mass is 10.3. The van der Waals surface area contributed by atoms with Gasteiger partial charge in [0.15, 0.2) is 6.29 Å². The Bertz CT molecular complexity index is 302. The molecule has 58 valence electrons. The van der Waals surface area contributed by atoms with E-state index in [1.807, 2.05) is 0 Å². The van der Waals surface area contributed by atoms with Crippen LogP contribution in [0.15, 0.2) is 10.5 Å². The molecule has 0 spiro atoms. The van der Waals surface area contributed by atoms with E-state index in [0.717, 1.165) is 6.07 Å². The number of aromatic carboxylic acids is 1. The van der Waals surface area contributed by atoms with Gasteiger partial charge in [-0.15, -0.1) is 0 Å². The highest BCUT2D eigenvalue weighted by atomic mass is 35.5. The third-order valence-corrected chi connectivity index (χ3v) is 1.35. The minimum atomic E-state index is -1.25. The first kappa shape index (κ1) is 7.81. The van der Waals surface area contributed by atoms with Gasteiger partial charge >= 0.3 is 5.97 Å². The number of rotatable bonds is 2. The van der Waals surface area contributed by atoms with Gasteiger partial charge in [-0.2, -0.15) is 0 Å². The molecule has 0 radical (unpaired) electrons. The molecule has 0 atom stereocenters. The molecule has 0 aliphatic rings. The van der Waals surface area contributed by atoms with E-state index in [2.05, 4.69) is 4.42 Å². The summed E-state index contributed by atoms with van der Waals surface area (Å²) in [6.07, 6.45) is 0.429. The van der Waals surface area contributed by atoms with E-state index in [-0.39, 0.29) is 16.5 Å². The molecule has 5 heteroatoms. The van der Waals surface area contributed by atoms with Gasteiger partial charge in [0.2, 0.25) is 11.0 Å². The van der Waals surface area contributed by atoms with E-state index >= 15 is 0 Å². The molecule has 0 bridgehead atoms. The SMILES string of the molecule is O=Cc1cc(C(=O)O)oc1Cl. The average molecular weight is 175 g/mol. The van der Waals surface area contributed by atoms with Crippen LogP contribution in [0.4, 0.5) is 0 Å². The predicted octanol–water partition coefficient (Wildman–Crippen LogP) is 1.44. The predicted molar refractivity (Wildman–Crippen MR) is 36.1 cm³/mol. The summed E-state index contributed by atoms with van der Waals surface area (Å²) < 4.78 is 4.50. The Morgan fingerprint density at radius 3 is 2.64 bits per heavy atom. The standard InChI is InChI=1S/C6H3ClO4/c7-5-3(2-8)1-4(11-5)6(9)10/h1-2H,(H,9,10). The van der Waals surface area contributed by atoms with E-state index in [9.17, 15) is 9.59 Å². The molecule has 1 rings (SSSR count). The molecule has 0 aliphatic heterocycles. The normalized spacial score (nSPS) is 9.55. The van der Waals surface area contributed by atoms with Crippen LogP contribution in [-0.2, 0) is 0 Å². The Labute approximate surface area is 66.4 Å². The molecule has 0 aliphatic carbocycles. The Morgan fingerprint density at radius 2 is 2.36 bits per heavy atom. The van der Waals surface area contributed by atoms with Gasteiger partial charge in [0.1, 0.15) is 0 Å². The van der Waals surface area contributed by atoms with Crippen molar-refractivity contribution in [3.05, 3.63) is 22.6 Å². The van der Waals surface area contributed by atoms with Crippen LogP contribution in [0.5, 0.6) is 0 Å². The molecular formula is C6H3ClO4. The van der Waals surface area contributed by atoms with Gasteiger partial charge in [0.25, 0.3) is 0 Å². The van der Waals surface area contributed by atoms with Gasteiger partial charge < -0.3 is 9.52 Å². The van der Waals surface area contributed by atoms with E-state index in [0.29, 0.717) is 6.29 Å². The quantitative estimate of drug-likeness (QED) is 0.689. The molecular weight excluding hydrogens is 172 g/mol. The minimum absolute atomic E-state index is 0.0454. The van der Waals surface area contributed by atoms with Gasteiger partial charge in [0, 0.05) is 6.07 Å².